The van der Waals surface area contributed by atoms with E-state index in [1.54, 1.807) is 10.6 Å². The number of benzene rings is 1. The Hall–Kier alpha value is -2.18. The average molecular weight is 568 g/mol. The molecule has 2 aliphatic heterocycles. The van der Waals surface area contributed by atoms with Crippen LogP contribution in [0.1, 0.15) is 31.4 Å². The van der Waals surface area contributed by atoms with E-state index >= 15 is 0 Å². The van der Waals surface area contributed by atoms with Gasteiger partial charge in [0, 0.05) is 48.8 Å². The van der Waals surface area contributed by atoms with Crippen LogP contribution in [0.25, 0.3) is 5.78 Å². The van der Waals surface area contributed by atoms with Crippen LogP contribution in [0.3, 0.4) is 0 Å². The van der Waals surface area contributed by atoms with Crippen LogP contribution >= 0.6 is 23.2 Å². The number of aromatic nitrogens is 4. The van der Waals surface area contributed by atoms with Crippen molar-refractivity contribution in [1.82, 2.24) is 29.2 Å². The number of hydrogen-bond acceptors (Lipinski definition) is 8. The van der Waals surface area contributed by atoms with Gasteiger partial charge in [-0.05, 0) is 55.8 Å². The first-order valence-corrected chi connectivity index (χ1v) is 15.2. The number of likely N-dealkylation sites (tertiary alicyclic amines) is 1. The van der Waals surface area contributed by atoms with E-state index in [1.165, 1.54) is 19.0 Å². The van der Waals surface area contributed by atoms with Gasteiger partial charge in [0.05, 0.1) is 12.3 Å². The SMILES string of the molecule is C[C@@H](Nc1cc(N2CC([C@H]3CCCN(CCNS(C)(=O)=O)C3)C2)nc2ncnn12)c1ccc(Cl)cc1Cl. The molecule has 0 unspecified atom stereocenters. The highest BCUT2D eigenvalue weighted by molar-refractivity contribution is 7.88. The Morgan fingerprint density at radius 3 is 2.73 bits per heavy atom. The van der Waals surface area contributed by atoms with Gasteiger partial charge < -0.3 is 15.1 Å². The van der Waals surface area contributed by atoms with E-state index in [1.807, 2.05) is 25.1 Å². The van der Waals surface area contributed by atoms with Gasteiger partial charge in [0.2, 0.25) is 10.0 Å². The summed E-state index contributed by atoms with van der Waals surface area (Å²) in [6.07, 6.45) is 5.06. The number of halogens is 2. The lowest BCUT2D eigenvalue weighted by Crippen LogP contribution is -2.54. The van der Waals surface area contributed by atoms with Gasteiger partial charge in [-0.2, -0.15) is 19.6 Å². The van der Waals surface area contributed by atoms with Crippen LogP contribution in [-0.2, 0) is 10.0 Å². The molecule has 0 aliphatic carbocycles. The van der Waals surface area contributed by atoms with Gasteiger partial charge in [-0.15, -0.1) is 0 Å². The monoisotopic (exact) mass is 566 g/mol. The Morgan fingerprint density at radius 2 is 1.97 bits per heavy atom. The smallest absolute Gasteiger partial charge is 0.256 e. The molecule has 2 N–H and O–H groups in total. The van der Waals surface area contributed by atoms with Crippen LogP contribution in [0.2, 0.25) is 10.0 Å². The van der Waals surface area contributed by atoms with E-state index in [4.69, 9.17) is 28.2 Å². The molecule has 2 fully saturated rings. The van der Waals surface area contributed by atoms with Crippen molar-refractivity contribution in [3.8, 4) is 0 Å². The molecule has 0 radical (unpaired) electrons. The van der Waals surface area contributed by atoms with E-state index < -0.39 is 10.0 Å². The van der Waals surface area contributed by atoms with Crippen molar-refractivity contribution in [2.75, 3.05) is 55.7 Å². The number of nitrogens with one attached hydrogen (secondary N) is 2. The number of hydrogen-bond donors (Lipinski definition) is 2. The molecular weight excluding hydrogens is 535 g/mol. The van der Waals surface area contributed by atoms with E-state index in [9.17, 15) is 8.42 Å². The highest BCUT2D eigenvalue weighted by Crippen LogP contribution is 2.35. The molecule has 0 amide bonds. The summed E-state index contributed by atoms with van der Waals surface area (Å²) in [7, 11) is -3.15. The first kappa shape index (κ1) is 26.4. The Bertz CT molecular complexity index is 1360. The summed E-state index contributed by atoms with van der Waals surface area (Å²) in [5.41, 5.74) is 0.940. The highest BCUT2D eigenvalue weighted by atomic mass is 35.5. The fourth-order valence-corrected chi connectivity index (χ4v) is 6.32. The van der Waals surface area contributed by atoms with Crippen molar-refractivity contribution >= 4 is 50.6 Å². The number of fused-ring (bicyclic) bond motifs is 1. The first-order valence-electron chi connectivity index (χ1n) is 12.5. The van der Waals surface area contributed by atoms with Crippen molar-refractivity contribution in [2.45, 2.75) is 25.8 Å². The summed E-state index contributed by atoms with van der Waals surface area (Å²) in [4.78, 5) is 13.7. The zero-order valence-corrected chi connectivity index (χ0v) is 23.3. The lowest BCUT2D eigenvalue weighted by atomic mass is 9.80. The molecule has 0 spiro atoms. The zero-order chi connectivity index (χ0) is 26.2. The summed E-state index contributed by atoms with van der Waals surface area (Å²) in [6.45, 7) is 7.15. The minimum Gasteiger partial charge on any atom is -0.363 e. The average Bonchev–Trinajstić information content (AvgIpc) is 3.27. The molecule has 4 heterocycles. The van der Waals surface area contributed by atoms with Crippen LogP contribution in [0.5, 0.6) is 0 Å². The number of nitrogens with zero attached hydrogens (tertiary/aromatic N) is 6. The van der Waals surface area contributed by atoms with Crippen molar-refractivity contribution in [3.63, 3.8) is 0 Å². The van der Waals surface area contributed by atoms with Crippen molar-refractivity contribution in [3.05, 3.63) is 46.2 Å². The van der Waals surface area contributed by atoms with Crippen LogP contribution in [0, 0.1) is 11.8 Å². The fourth-order valence-electron chi connectivity index (χ4n) is 5.28. The van der Waals surface area contributed by atoms with Gasteiger partial charge in [-0.25, -0.2) is 13.1 Å². The molecule has 0 saturated carbocycles. The largest absolute Gasteiger partial charge is 0.363 e. The maximum absolute atomic E-state index is 11.4. The lowest BCUT2D eigenvalue weighted by Gasteiger charge is -2.47. The van der Waals surface area contributed by atoms with Gasteiger partial charge in [0.15, 0.2) is 0 Å². The second-order valence-corrected chi connectivity index (χ2v) is 12.7. The molecule has 2 aromatic heterocycles. The Labute approximate surface area is 227 Å². The molecule has 2 saturated heterocycles. The molecule has 1 aromatic carbocycles. The predicted octanol–water partition coefficient (Wildman–Crippen LogP) is 3.30. The number of sulfonamides is 1. The van der Waals surface area contributed by atoms with E-state index in [0.717, 1.165) is 56.3 Å². The quantitative estimate of drug-likeness (QED) is 0.406. The second kappa shape index (κ2) is 10.9. The van der Waals surface area contributed by atoms with Crippen LogP contribution in [-0.4, -0.2) is 78.4 Å². The minimum atomic E-state index is -3.15. The Kier molecular flexibility index (Phi) is 7.78. The van der Waals surface area contributed by atoms with Gasteiger partial charge in [-0.3, -0.25) is 0 Å². The summed E-state index contributed by atoms with van der Waals surface area (Å²) in [5.74, 6) is 3.40. The summed E-state index contributed by atoms with van der Waals surface area (Å²) in [6, 6.07) is 7.44. The minimum absolute atomic E-state index is 0.0815. The molecule has 5 rings (SSSR count). The Morgan fingerprint density at radius 1 is 1.16 bits per heavy atom. The molecule has 13 heteroatoms. The standard InChI is InChI=1S/C24H32Cl2N8O2S/c1-16(20-6-5-19(25)10-21(20)26)30-23-11-22(31-24-27-15-28-34(23)24)33-13-18(14-33)17-4-3-8-32(12-17)9-7-29-37(2,35)36/h5-6,10-11,15-18,29-30H,3-4,7-9,12-14H2,1-2H3/t16-,17+/m1/s1. The van der Waals surface area contributed by atoms with Gasteiger partial charge in [0.25, 0.3) is 5.78 Å². The van der Waals surface area contributed by atoms with Crippen LogP contribution in [0.15, 0.2) is 30.6 Å². The predicted molar refractivity (Wildman–Crippen MR) is 147 cm³/mol. The normalized spacial score (nSPS) is 20.2. The van der Waals surface area contributed by atoms with Crippen LogP contribution < -0.4 is 14.9 Å². The number of piperidine rings is 1. The molecule has 0 bridgehead atoms. The maximum Gasteiger partial charge on any atom is 0.256 e. The molecule has 2 atom stereocenters. The molecule has 37 heavy (non-hydrogen) atoms. The third-order valence-corrected chi connectivity index (χ3v) is 8.56. The van der Waals surface area contributed by atoms with Crippen molar-refractivity contribution in [2.24, 2.45) is 11.8 Å². The van der Waals surface area contributed by atoms with E-state index in [2.05, 4.69) is 29.9 Å². The van der Waals surface area contributed by atoms with Crippen LogP contribution in [0.4, 0.5) is 11.6 Å². The second-order valence-electron chi connectivity index (χ2n) is 10.0. The first-order chi connectivity index (χ1) is 17.7. The molecule has 10 nitrogen and oxygen atoms in total. The van der Waals surface area contributed by atoms with Crippen molar-refractivity contribution in [1.29, 1.82) is 0 Å². The van der Waals surface area contributed by atoms with E-state index in [0.29, 0.717) is 34.2 Å². The molecular formula is C24H32Cl2N8O2S. The van der Waals surface area contributed by atoms with Crippen molar-refractivity contribution < 1.29 is 8.42 Å². The number of rotatable bonds is 9. The summed E-state index contributed by atoms with van der Waals surface area (Å²) < 4.78 is 27.0. The third kappa shape index (κ3) is 6.28. The Balaban J connectivity index is 1.23. The topological polar surface area (TPSA) is 108 Å². The molecule has 3 aromatic rings. The third-order valence-electron chi connectivity index (χ3n) is 7.27. The lowest BCUT2D eigenvalue weighted by molar-refractivity contribution is 0.121. The van der Waals surface area contributed by atoms with E-state index in [-0.39, 0.29) is 6.04 Å². The highest BCUT2D eigenvalue weighted by Gasteiger charge is 2.36. The maximum atomic E-state index is 11.4. The fraction of sp³-hybridized carbons (Fsp3) is 0.542. The molecule has 2 aliphatic rings. The number of anilines is 2. The van der Waals surface area contributed by atoms with Gasteiger partial charge >= 0.3 is 0 Å². The summed E-state index contributed by atoms with van der Waals surface area (Å²) >= 11 is 12.5. The summed E-state index contributed by atoms with van der Waals surface area (Å²) in [5, 5.41) is 9.06. The molecule has 200 valence electrons. The van der Waals surface area contributed by atoms with Gasteiger partial charge in [0.1, 0.15) is 18.0 Å². The zero-order valence-electron chi connectivity index (χ0n) is 20.9. The van der Waals surface area contributed by atoms with Gasteiger partial charge in [-0.1, -0.05) is 29.3 Å².